The molecule has 0 aromatic heterocycles. The Morgan fingerprint density at radius 2 is 1.02 bits per heavy atom. The van der Waals surface area contributed by atoms with Gasteiger partial charge in [-0.05, 0) is 59.7 Å². The maximum absolute atomic E-state index is 12.1. The predicted molar refractivity (Wildman–Crippen MR) is 192 cm³/mol. The largest absolute Gasteiger partial charge is 0.449 e. The van der Waals surface area contributed by atoms with Crippen LogP contribution in [0, 0.1) is 0 Å². The summed E-state index contributed by atoms with van der Waals surface area (Å²) in [5, 5.41) is 3.31. The van der Waals surface area contributed by atoms with Gasteiger partial charge in [-0.3, -0.25) is 9.59 Å². The first-order valence-corrected chi connectivity index (χ1v) is 16.5. The molecule has 0 unspecified atom stereocenters. The Bertz CT molecular complexity index is 1580. The van der Waals surface area contributed by atoms with E-state index in [1.165, 1.54) is 5.69 Å². The molecule has 0 atom stereocenters. The van der Waals surface area contributed by atoms with Gasteiger partial charge < -0.3 is 29.5 Å². The van der Waals surface area contributed by atoms with Gasteiger partial charge in [-0.1, -0.05) is 60.7 Å². The van der Waals surface area contributed by atoms with Crippen molar-refractivity contribution >= 4 is 47.1 Å². The van der Waals surface area contributed by atoms with Gasteiger partial charge in [-0.2, -0.15) is 0 Å². The molecule has 4 aromatic rings. The van der Waals surface area contributed by atoms with Gasteiger partial charge in [-0.25, -0.2) is 9.59 Å². The van der Waals surface area contributed by atoms with E-state index in [2.05, 4.69) is 19.9 Å². The first-order chi connectivity index (χ1) is 23.9. The number of benzene rings is 4. The second kappa shape index (κ2) is 20.2. The van der Waals surface area contributed by atoms with E-state index in [0.717, 1.165) is 74.2 Å². The maximum atomic E-state index is 12.1. The summed E-state index contributed by atoms with van der Waals surface area (Å²) < 4.78 is 9.92. The molecule has 1 amide bonds. The van der Waals surface area contributed by atoms with Gasteiger partial charge in [0.2, 0.25) is 0 Å². The number of nitrogens with zero attached hydrogens (tertiary/aromatic N) is 3. The fourth-order valence-electron chi connectivity index (χ4n) is 5.12. The fourth-order valence-corrected chi connectivity index (χ4v) is 5.18. The van der Waals surface area contributed by atoms with Gasteiger partial charge in [0, 0.05) is 86.5 Å². The van der Waals surface area contributed by atoms with Gasteiger partial charge >= 0.3 is 11.5 Å². The molecule has 2 saturated heterocycles. The number of amides is 1. The third-order valence-corrected chi connectivity index (χ3v) is 7.95. The van der Waals surface area contributed by atoms with E-state index in [0.29, 0.717) is 25.3 Å². The highest BCUT2D eigenvalue weighted by atomic mass is 35.5. The number of hydrogen-bond donors (Lipinski definition) is 1. The first-order valence-electron chi connectivity index (χ1n) is 16.1. The van der Waals surface area contributed by atoms with E-state index in [4.69, 9.17) is 16.3 Å². The Labute approximate surface area is 292 Å². The number of ether oxygens (including phenoxy) is 2. The monoisotopic (exact) mass is 684 g/mol. The second-order valence-electron chi connectivity index (χ2n) is 11.2. The minimum Gasteiger partial charge on any atom is -0.449 e. The maximum Gasteiger partial charge on any atom is 0.410 e. The molecule has 256 valence electrons. The zero-order valence-corrected chi connectivity index (χ0v) is 28.0. The quantitative estimate of drug-likeness (QED) is 0.166. The summed E-state index contributed by atoms with van der Waals surface area (Å²) in [5.41, 5.74) is 4.83. The van der Waals surface area contributed by atoms with E-state index >= 15 is 0 Å². The number of halogens is 1. The zero-order valence-electron chi connectivity index (χ0n) is 27.3. The number of piperazine rings is 2. The number of hydrogen-bond acceptors (Lipinski definition) is 9. The van der Waals surface area contributed by atoms with E-state index in [-0.39, 0.29) is 12.7 Å². The summed E-state index contributed by atoms with van der Waals surface area (Å²) in [6, 6.07) is 34.3. The summed E-state index contributed by atoms with van der Waals surface area (Å²) in [5.74, 6) is 0. The van der Waals surface area contributed by atoms with Crippen molar-refractivity contribution in [2.75, 3.05) is 62.2 Å². The molecule has 2 aliphatic rings. The number of anilines is 2. The molecular formula is C38H41ClN4O6. The summed E-state index contributed by atoms with van der Waals surface area (Å²) >= 11 is 4.97. The molecule has 0 bridgehead atoms. The van der Waals surface area contributed by atoms with Crippen LogP contribution < -0.4 is 15.1 Å². The third kappa shape index (κ3) is 12.7. The SMILES string of the molecule is O=C(Cl)OCc1ccccc1.O=Cc1ccc(N2CCN(C(=O)OCc3ccccc3)CC2)cc1.O=Cc1ccc(N2CCNCC2)cc1. The average Bonchev–Trinajstić information content (AvgIpc) is 3.18. The molecule has 2 heterocycles. The van der Waals surface area contributed by atoms with Gasteiger partial charge in [0.25, 0.3) is 0 Å². The Morgan fingerprint density at radius 3 is 1.45 bits per heavy atom. The molecule has 49 heavy (non-hydrogen) atoms. The van der Waals surface area contributed by atoms with Crippen molar-refractivity contribution in [3.63, 3.8) is 0 Å². The van der Waals surface area contributed by atoms with E-state index in [1.54, 1.807) is 4.90 Å². The predicted octanol–water partition coefficient (Wildman–Crippen LogP) is 6.43. The summed E-state index contributed by atoms with van der Waals surface area (Å²) in [6.07, 6.45) is 1.45. The van der Waals surface area contributed by atoms with E-state index in [9.17, 15) is 19.2 Å². The summed E-state index contributed by atoms with van der Waals surface area (Å²) in [6.45, 7) is 7.45. The summed E-state index contributed by atoms with van der Waals surface area (Å²) in [4.78, 5) is 49.7. The molecule has 0 saturated carbocycles. The van der Waals surface area contributed by atoms with Crippen LogP contribution in [0.5, 0.6) is 0 Å². The van der Waals surface area contributed by atoms with Crippen molar-refractivity contribution in [2.45, 2.75) is 13.2 Å². The van der Waals surface area contributed by atoms with Crippen LogP contribution in [-0.2, 0) is 22.7 Å². The van der Waals surface area contributed by atoms with Gasteiger partial charge in [0.05, 0.1) is 0 Å². The topological polar surface area (TPSA) is 108 Å². The number of nitrogens with one attached hydrogen (secondary N) is 1. The molecule has 0 radical (unpaired) electrons. The Morgan fingerprint density at radius 1 is 0.592 bits per heavy atom. The Kier molecular flexibility index (Phi) is 15.1. The van der Waals surface area contributed by atoms with Crippen molar-refractivity contribution in [3.05, 3.63) is 131 Å². The fraction of sp³-hybridized carbons (Fsp3) is 0.263. The number of rotatable bonds is 8. The Hall–Kier alpha value is -5.19. The minimum atomic E-state index is -0.770. The van der Waals surface area contributed by atoms with Crippen molar-refractivity contribution in [2.24, 2.45) is 0 Å². The number of aldehydes is 2. The molecule has 2 aliphatic heterocycles. The standard InChI is InChI=1S/C19H20N2O3.C11H14N2O.C8H7ClO2/c22-14-16-6-8-18(9-7-16)20-10-12-21(13-11-20)19(23)24-15-17-4-2-1-3-5-17;14-9-10-1-3-11(4-2-10)13-7-5-12-6-8-13;9-8(10)11-6-7-4-2-1-3-5-7/h1-9,14H,10-13,15H2;1-4,9,12H,5-8H2;1-5H,6H2. The van der Waals surface area contributed by atoms with Crippen LogP contribution in [0.15, 0.2) is 109 Å². The lowest BCUT2D eigenvalue weighted by Gasteiger charge is -2.35. The molecule has 11 heteroatoms. The number of carbonyl (C=O) groups is 4. The molecule has 4 aromatic carbocycles. The smallest absolute Gasteiger partial charge is 0.410 e. The molecule has 10 nitrogen and oxygen atoms in total. The van der Waals surface area contributed by atoms with Crippen LogP contribution in [0.3, 0.4) is 0 Å². The lowest BCUT2D eigenvalue weighted by atomic mass is 10.2. The van der Waals surface area contributed by atoms with E-state index in [1.807, 2.05) is 109 Å². The lowest BCUT2D eigenvalue weighted by Crippen LogP contribution is -2.48. The highest BCUT2D eigenvalue weighted by molar-refractivity contribution is 6.61. The summed E-state index contributed by atoms with van der Waals surface area (Å²) in [7, 11) is 0. The van der Waals surface area contributed by atoms with E-state index < -0.39 is 5.43 Å². The zero-order chi connectivity index (χ0) is 34.7. The van der Waals surface area contributed by atoms with Crippen molar-refractivity contribution in [1.29, 1.82) is 0 Å². The average molecular weight is 685 g/mol. The lowest BCUT2D eigenvalue weighted by molar-refractivity contribution is 0.0941. The van der Waals surface area contributed by atoms with Crippen molar-refractivity contribution in [1.82, 2.24) is 10.2 Å². The molecule has 0 spiro atoms. The molecule has 0 aliphatic carbocycles. The molecule has 2 fully saturated rings. The van der Waals surface area contributed by atoms with Crippen LogP contribution in [0.25, 0.3) is 0 Å². The van der Waals surface area contributed by atoms with Crippen LogP contribution in [-0.4, -0.2) is 81.4 Å². The number of carbonyl (C=O) groups excluding carboxylic acids is 4. The van der Waals surface area contributed by atoms with Crippen LogP contribution >= 0.6 is 11.6 Å². The van der Waals surface area contributed by atoms with Crippen molar-refractivity contribution < 1.29 is 28.7 Å². The normalized spacial score (nSPS) is 13.9. The third-order valence-electron chi connectivity index (χ3n) is 7.84. The van der Waals surface area contributed by atoms with Crippen molar-refractivity contribution in [3.8, 4) is 0 Å². The molecular weight excluding hydrogens is 644 g/mol. The Balaban J connectivity index is 0.000000183. The van der Waals surface area contributed by atoms with Gasteiger partial charge in [0.15, 0.2) is 0 Å². The highest BCUT2D eigenvalue weighted by Gasteiger charge is 2.22. The van der Waals surface area contributed by atoms with Gasteiger partial charge in [0.1, 0.15) is 25.8 Å². The molecule has 6 rings (SSSR count). The minimum absolute atomic E-state index is 0.239. The van der Waals surface area contributed by atoms with Gasteiger partial charge in [-0.15, -0.1) is 0 Å². The van der Waals surface area contributed by atoms with Crippen LogP contribution in [0.1, 0.15) is 31.8 Å². The highest BCUT2D eigenvalue weighted by Crippen LogP contribution is 2.18. The first kappa shape index (κ1) is 36.6. The van der Waals surface area contributed by atoms with Crippen LogP contribution in [0.2, 0.25) is 0 Å². The molecule has 1 N–H and O–H groups in total. The second-order valence-corrected chi connectivity index (χ2v) is 11.5. The van der Waals surface area contributed by atoms with Crippen LogP contribution in [0.4, 0.5) is 21.0 Å².